The molecule has 31 heavy (non-hydrogen) atoms. The molecule has 162 valence electrons. The van der Waals surface area contributed by atoms with Gasteiger partial charge in [-0.1, -0.05) is 30.0 Å². The van der Waals surface area contributed by atoms with Crippen LogP contribution < -0.4 is 4.90 Å². The second-order valence-electron chi connectivity index (χ2n) is 7.71. The number of fused-ring (bicyclic) bond motifs is 1. The summed E-state index contributed by atoms with van der Waals surface area (Å²) in [5.74, 6) is 0.227. The number of Topliss-reactive ketones (excluding diaryl/α,β-unsaturated/α-hetero) is 1. The summed E-state index contributed by atoms with van der Waals surface area (Å²) in [6, 6.07) is 13.6. The van der Waals surface area contributed by atoms with Crippen LogP contribution in [0.3, 0.4) is 0 Å². The summed E-state index contributed by atoms with van der Waals surface area (Å²) in [4.78, 5) is 26.4. The average Bonchev–Trinajstić information content (AvgIpc) is 2.80. The molecule has 1 saturated heterocycles. The van der Waals surface area contributed by atoms with E-state index in [1.165, 1.54) is 6.08 Å². The van der Waals surface area contributed by atoms with Gasteiger partial charge in [0.25, 0.3) is 0 Å². The molecule has 2 aromatic carbocycles. The fraction of sp³-hybridized carbons (Fsp3) is 0.375. The third-order valence-electron chi connectivity index (χ3n) is 5.42. The molecule has 3 rings (SSSR count). The third-order valence-corrected chi connectivity index (χ3v) is 6.45. The van der Waals surface area contributed by atoms with E-state index in [1.54, 1.807) is 6.92 Å². The maximum atomic E-state index is 12.2. The molecular weight excluding hydrogens is 412 g/mol. The van der Waals surface area contributed by atoms with Crippen LogP contribution in [0.2, 0.25) is 0 Å². The van der Waals surface area contributed by atoms with Crippen LogP contribution >= 0.6 is 11.8 Å². The summed E-state index contributed by atoms with van der Waals surface area (Å²) in [5, 5.41) is 29.1. The number of carbonyl (C=O) groups is 2. The standard InChI is InChI=1S/C24H26N2O4S/c1-16(28)23-4-2-3-9-26(23)21-8-7-18-10-17(5-6-19(18)12-21)11-20(13-25)24(30)31-15-22(29)14-27/h5-8,10-12,22-23,27,29H,2-4,9,14-15H2,1H3/b20-11+. The quantitative estimate of drug-likeness (QED) is 0.505. The zero-order valence-corrected chi connectivity index (χ0v) is 18.3. The SMILES string of the molecule is CC(=O)C1CCCCN1c1ccc2cc(/C=C(\C#N)C(=O)SCC(O)CO)ccc2c1. The summed E-state index contributed by atoms with van der Waals surface area (Å²) in [5.41, 5.74) is 1.75. The Bertz CT molecular complexity index is 1040. The molecule has 2 aromatic rings. The Labute approximate surface area is 186 Å². The first kappa shape index (κ1) is 23.0. The first-order valence-corrected chi connectivity index (χ1v) is 11.3. The van der Waals surface area contributed by atoms with Crippen molar-refractivity contribution in [2.45, 2.75) is 38.3 Å². The molecular formula is C24H26N2O4S. The number of piperidine rings is 1. The molecule has 1 aliphatic rings. The van der Waals surface area contributed by atoms with E-state index in [1.807, 2.05) is 36.4 Å². The van der Waals surface area contributed by atoms with Gasteiger partial charge in [-0.3, -0.25) is 9.59 Å². The minimum absolute atomic E-state index is 0.0104. The molecule has 0 bridgehead atoms. The van der Waals surface area contributed by atoms with E-state index in [0.29, 0.717) is 0 Å². The summed E-state index contributed by atoms with van der Waals surface area (Å²) in [7, 11) is 0. The smallest absolute Gasteiger partial charge is 0.230 e. The predicted octanol–water partition coefficient (Wildman–Crippen LogP) is 3.31. The van der Waals surface area contributed by atoms with Crippen LogP contribution in [0, 0.1) is 11.3 Å². The van der Waals surface area contributed by atoms with Gasteiger partial charge >= 0.3 is 0 Å². The molecule has 0 aliphatic carbocycles. The first-order chi connectivity index (χ1) is 14.9. The highest BCUT2D eigenvalue weighted by Crippen LogP contribution is 2.29. The van der Waals surface area contributed by atoms with Crippen LogP contribution in [0.4, 0.5) is 5.69 Å². The lowest BCUT2D eigenvalue weighted by Gasteiger charge is -2.36. The van der Waals surface area contributed by atoms with E-state index in [9.17, 15) is 20.0 Å². The van der Waals surface area contributed by atoms with E-state index in [2.05, 4.69) is 11.0 Å². The van der Waals surface area contributed by atoms with Crippen LogP contribution in [0.25, 0.3) is 16.8 Å². The highest BCUT2D eigenvalue weighted by Gasteiger charge is 2.26. The monoisotopic (exact) mass is 438 g/mol. The fourth-order valence-electron chi connectivity index (χ4n) is 3.79. The van der Waals surface area contributed by atoms with Gasteiger partial charge in [-0.05, 0) is 66.8 Å². The topological polar surface area (TPSA) is 102 Å². The number of rotatable bonds is 7. The van der Waals surface area contributed by atoms with Crippen molar-refractivity contribution in [3.63, 3.8) is 0 Å². The molecule has 2 atom stereocenters. The number of benzene rings is 2. The second-order valence-corrected chi connectivity index (χ2v) is 8.70. The van der Waals surface area contributed by atoms with E-state index in [4.69, 9.17) is 5.11 Å². The van der Waals surface area contributed by atoms with E-state index in [0.717, 1.165) is 59.6 Å². The van der Waals surface area contributed by atoms with Crippen molar-refractivity contribution < 1.29 is 19.8 Å². The minimum atomic E-state index is -0.994. The van der Waals surface area contributed by atoms with Gasteiger partial charge < -0.3 is 15.1 Å². The first-order valence-electron chi connectivity index (χ1n) is 10.3. The zero-order chi connectivity index (χ0) is 22.4. The fourth-order valence-corrected chi connectivity index (χ4v) is 4.50. The predicted molar refractivity (Wildman–Crippen MR) is 124 cm³/mol. The van der Waals surface area contributed by atoms with Crippen molar-refractivity contribution in [3.05, 3.63) is 47.5 Å². The van der Waals surface area contributed by atoms with Gasteiger partial charge in [0.15, 0.2) is 5.78 Å². The van der Waals surface area contributed by atoms with Crippen molar-refractivity contribution >= 4 is 45.2 Å². The van der Waals surface area contributed by atoms with Gasteiger partial charge in [0, 0.05) is 18.0 Å². The maximum Gasteiger partial charge on any atom is 0.230 e. The Morgan fingerprint density at radius 1 is 1.26 bits per heavy atom. The van der Waals surface area contributed by atoms with Crippen molar-refractivity contribution in [3.8, 4) is 6.07 Å². The Balaban J connectivity index is 1.82. The lowest BCUT2D eigenvalue weighted by molar-refractivity contribution is -0.118. The second kappa shape index (κ2) is 10.6. The van der Waals surface area contributed by atoms with Gasteiger partial charge in [0.2, 0.25) is 5.12 Å². The summed E-state index contributed by atoms with van der Waals surface area (Å²) in [6.07, 6.45) is 3.57. The normalized spacial score (nSPS) is 17.9. The minimum Gasteiger partial charge on any atom is -0.394 e. The molecule has 0 saturated carbocycles. The van der Waals surface area contributed by atoms with Gasteiger partial charge in [-0.2, -0.15) is 5.26 Å². The van der Waals surface area contributed by atoms with Crippen LogP contribution in [0.1, 0.15) is 31.7 Å². The molecule has 0 spiro atoms. The molecule has 0 radical (unpaired) electrons. The molecule has 7 heteroatoms. The number of anilines is 1. The lowest BCUT2D eigenvalue weighted by Crippen LogP contribution is -2.43. The number of carbonyl (C=O) groups excluding carboxylic acids is 2. The highest BCUT2D eigenvalue weighted by molar-refractivity contribution is 8.14. The largest absolute Gasteiger partial charge is 0.394 e. The lowest BCUT2D eigenvalue weighted by atomic mass is 9.97. The number of hydrogen-bond acceptors (Lipinski definition) is 7. The Morgan fingerprint density at radius 3 is 2.71 bits per heavy atom. The molecule has 1 fully saturated rings. The Kier molecular flexibility index (Phi) is 7.85. The summed E-state index contributed by atoms with van der Waals surface area (Å²) < 4.78 is 0. The van der Waals surface area contributed by atoms with Crippen LogP contribution in [-0.2, 0) is 9.59 Å². The number of hydrogen-bond donors (Lipinski definition) is 2. The number of thioether (sulfide) groups is 1. The van der Waals surface area contributed by atoms with Crippen molar-refractivity contribution in [2.24, 2.45) is 0 Å². The maximum absolute atomic E-state index is 12.2. The average molecular weight is 439 g/mol. The third kappa shape index (κ3) is 5.73. The molecule has 1 heterocycles. The molecule has 6 nitrogen and oxygen atoms in total. The van der Waals surface area contributed by atoms with E-state index < -0.39 is 17.8 Å². The van der Waals surface area contributed by atoms with Gasteiger partial charge in [0.05, 0.1) is 18.8 Å². The van der Waals surface area contributed by atoms with E-state index in [-0.39, 0.29) is 23.2 Å². The molecule has 0 aromatic heterocycles. The summed E-state index contributed by atoms with van der Waals surface area (Å²) in [6.45, 7) is 2.09. The molecule has 1 aliphatic heterocycles. The van der Waals surface area contributed by atoms with Crippen LogP contribution in [0.5, 0.6) is 0 Å². The number of aliphatic hydroxyl groups excluding tert-OH is 2. The van der Waals surface area contributed by atoms with Gasteiger partial charge in [0.1, 0.15) is 11.6 Å². The van der Waals surface area contributed by atoms with Crippen LogP contribution in [0.15, 0.2) is 42.0 Å². The van der Waals surface area contributed by atoms with Crippen LogP contribution in [-0.4, -0.2) is 52.2 Å². The molecule has 2 unspecified atom stereocenters. The number of nitrogens with zero attached hydrogens (tertiary/aromatic N) is 2. The van der Waals surface area contributed by atoms with Crippen molar-refractivity contribution in [1.82, 2.24) is 0 Å². The Hall–Kier alpha value is -2.66. The van der Waals surface area contributed by atoms with Crippen molar-refractivity contribution in [1.29, 1.82) is 5.26 Å². The number of ketones is 1. The molecule has 2 N–H and O–H groups in total. The number of aliphatic hydroxyl groups is 2. The van der Waals surface area contributed by atoms with E-state index >= 15 is 0 Å². The Morgan fingerprint density at radius 2 is 2.00 bits per heavy atom. The summed E-state index contributed by atoms with van der Waals surface area (Å²) >= 11 is 0.812. The van der Waals surface area contributed by atoms with Crippen molar-refractivity contribution in [2.75, 3.05) is 23.8 Å². The van der Waals surface area contributed by atoms with Gasteiger partial charge in [-0.25, -0.2) is 0 Å². The number of nitriles is 1. The zero-order valence-electron chi connectivity index (χ0n) is 17.5. The molecule has 0 amide bonds. The highest BCUT2D eigenvalue weighted by atomic mass is 32.2. The van der Waals surface area contributed by atoms with Gasteiger partial charge in [-0.15, -0.1) is 0 Å².